The van der Waals surface area contributed by atoms with Crippen LogP contribution < -0.4 is 5.43 Å². The molecule has 0 atom stereocenters. The SMILES string of the molecule is Cc1c[nH]c(S(C)(=O)=O)c(C)c1=O. The fourth-order valence-electron chi connectivity index (χ4n) is 1.13. The van der Waals surface area contributed by atoms with E-state index in [0.29, 0.717) is 5.56 Å². The van der Waals surface area contributed by atoms with E-state index in [-0.39, 0.29) is 16.0 Å². The fraction of sp³-hybridized carbons (Fsp3) is 0.375. The van der Waals surface area contributed by atoms with Crippen molar-refractivity contribution >= 4 is 9.84 Å². The van der Waals surface area contributed by atoms with E-state index in [1.54, 1.807) is 6.92 Å². The molecule has 1 aromatic rings. The minimum Gasteiger partial charge on any atom is -0.352 e. The van der Waals surface area contributed by atoms with Crippen molar-refractivity contribution in [1.82, 2.24) is 4.98 Å². The second-order valence-electron chi connectivity index (χ2n) is 3.03. The zero-order valence-corrected chi connectivity index (χ0v) is 8.53. The van der Waals surface area contributed by atoms with Gasteiger partial charge in [-0.15, -0.1) is 0 Å². The molecule has 0 radical (unpaired) electrons. The van der Waals surface area contributed by atoms with Crippen molar-refractivity contribution < 1.29 is 8.42 Å². The highest BCUT2D eigenvalue weighted by atomic mass is 32.2. The van der Waals surface area contributed by atoms with Gasteiger partial charge in [-0.05, 0) is 13.8 Å². The summed E-state index contributed by atoms with van der Waals surface area (Å²) >= 11 is 0. The maximum Gasteiger partial charge on any atom is 0.191 e. The van der Waals surface area contributed by atoms with Crippen LogP contribution >= 0.6 is 0 Å². The molecule has 0 unspecified atom stereocenters. The summed E-state index contributed by atoms with van der Waals surface area (Å²) in [5.41, 5.74) is 0.548. The van der Waals surface area contributed by atoms with Gasteiger partial charge in [-0.2, -0.15) is 0 Å². The van der Waals surface area contributed by atoms with Crippen molar-refractivity contribution in [2.45, 2.75) is 18.9 Å². The summed E-state index contributed by atoms with van der Waals surface area (Å²) in [5, 5.41) is 0.00287. The van der Waals surface area contributed by atoms with E-state index >= 15 is 0 Å². The first-order chi connectivity index (χ1) is 5.84. The molecule has 5 heteroatoms. The standard InChI is InChI=1S/C8H11NO3S/c1-5-4-9-8(13(3,11)12)6(2)7(5)10/h4H,1-3H3,(H,9,10). The Morgan fingerprint density at radius 1 is 1.31 bits per heavy atom. The number of pyridine rings is 1. The normalized spacial score (nSPS) is 11.6. The number of hydrogen-bond donors (Lipinski definition) is 1. The number of aromatic amines is 1. The molecule has 72 valence electrons. The summed E-state index contributed by atoms with van der Waals surface area (Å²) in [6.45, 7) is 3.14. The first-order valence-corrected chi connectivity index (χ1v) is 5.62. The Labute approximate surface area is 76.5 Å². The third kappa shape index (κ3) is 1.80. The molecule has 1 aromatic heterocycles. The second-order valence-corrected chi connectivity index (χ2v) is 4.98. The number of rotatable bonds is 1. The number of sulfone groups is 1. The van der Waals surface area contributed by atoms with Gasteiger partial charge in [0.05, 0.1) is 0 Å². The second kappa shape index (κ2) is 2.99. The van der Waals surface area contributed by atoms with Gasteiger partial charge in [-0.25, -0.2) is 8.42 Å². The third-order valence-corrected chi connectivity index (χ3v) is 3.00. The summed E-state index contributed by atoms with van der Waals surface area (Å²) in [5.74, 6) is 0. The lowest BCUT2D eigenvalue weighted by atomic mass is 10.2. The quantitative estimate of drug-likeness (QED) is 0.715. The Morgan fingerprint density at radius 2 is 1.85 bits per heavy atom. The van der Waals surface area contributed by atoms with Gasteiger partial charge in [-0.1, -0.05) is 0 Å². The van der Waals surface area contributed by atoms with Gasteiger partial charge in [0, 0.05) is 23.6 Å². The van der Waals surface area contributed by atoms with E-state index in [2.05, 4.69) is 4.98 Å². The number of aromatic nitrogens is 1. The largest absolute Gasteiger partial charge is 0.352 e. The van der Waals surface area contributed by atoms with Crippen LogP contribution in [0.5, 0.6) is 0 Å². The summed E-state index contributed by atoms with van der Waals surface area (Å²) in [4.78, 5) is 13.9. The Hall–Kier alpha value is -1.10. The van der Waals surface area contributed by atoms with Crippen molar-refractivity contribution in [2.24, 2.45) is 0 Å². The lowest BCUT2D eigenvalue weighted by molar-refractivity contribution is 0.597. The van der Waals surface area contributed by atoms with E-state index in [9.17, 15) is 13.2 Å². The molecule has 0 aromatic carbocycles. The molecule has 0 bridgehead atoms. The lowest BCUT2D eigenvalue weighted by Gasteiger charge is -2.03. The summed E-state index contributed by atoms with van der Waals surface area (Å²) < 4.78 is 22.3. The lowest BCUT2D eigenvalue weighted by Crippen LogP contribution is -2.15. The van der Waals surface area contributed by atoms with Crippen LogP contribution in [0.15, 0.2) is 16.0 Å². The average Bonchev–Trinajstić information content (AvgIpc) is 1.98. The maximum atomic E-state index is 11.4. The molecule has 0 amide bonds. The molecule has 4 nitrogen and oxygen atoms in total. The molecule has 0 saturated heterocycles. The van der Waals surface area contributed by atoms with Gasteiger partial charge in [0.25, 0.3) is 0 Å². The van der Waals surface area contributed by atoms with E-state index < -0.39 is 9.84 Å². The van der Waals surface area contributed by atoms with Crippen LogP contribution in [0, 0.1) is 13.8 Å². The predicted molar refractivity (Wildman–Crippen MR) is 49.6 cm³/mol. The molecule has 0 saturated carbocycles. The average molecular weight is 201 g/mol. The summed E-state index contributed by atoms with van der Waals surface area (Å²) in [7, 11) is -3.33. The number of aryl methyl sites for hydroxylation is 1. The molecular weight excluding hydrogens is 190 g/mol. The molecule has 0 aliphatic rings. The van der Waals surface area contributed by atoms with Crippen molar-refractivity contribution in [3.63, 3.8) is 0 Å². The minimum atomic E-state index is -3.33. The van der Waals surface area contributed by atoms with Crippen molar-refractivity contribution in [1.29, 1.82) is 0 Å². The number of hydrogen-bond acceptors (Lipinski definition) is 3. The van der Waals surface area contributed by atoms with Crippen LogP contribution in [0.25, 0.3) is 0 Å². The van der Waals surface area contributed by atoms with Gasteiger partial charge >= 0.3 is 0 Å². The van der Waals surface area contributed by atoms with Crippen LogP contribution in [0.4, 0.5) is 0 Å². The number of H-pyrrole nitrogens is 1. The maximum absolute atomic E-state index is 11.4. The topological polar surface area (TPSA) is 67.0 Å². The van der Waals surface area contributed by atoms with Crippen LogP contribution in [-0.2, 0) is 9.84 Å². The Kier molecular flexibility index (Phi) is 2.30. The van der Waals surface area contributed by atoms with E-state index in [4.69, 9.17) is 0 Å². The highest BCUT2D eigenvalue weighted by molar-refractivity contribution is 7.90. The Bertz CT molecular complexity index is 485. The minimum absolute atomic E-state index is 0.00287. The smallest absolute Gasteiger partial charge is 0.191 e. The van der Waals surface area contributed by atoms with E-state index in [1.165, 1.54) is 13.1 Å². The van der Waals surface area contributed by atoms with E-state index in [1.807, 2.05) is 0 Å². The van der Waals surface area contributed by atoms with Gasteiger partial charge < -0.3 is 4.98 Å². The van der Waals surface area contributed by atoms with Crippen LogP contribution in [-0.4, -0.2) is 19.7 Å². The molecule has 0 aliphatic heterocycles. The highest BCUT2D eigenvalue weighted by Crippen LogP contribution is 2.07. The molecule has 0 fully saturated rings. The van der Waals surface area contributed by atoms with Gasteiger partial charge in [-0.3, -0.25) is 4.79 Å². The summed E-state index contributed by atoms with van der Waals surface area (Å²) in [6, 6.07) is 0. The Balaban J connectivity index is 3.63. The van der Waals surface area contributed by atoms with Gasteiger partial charge in [0.1, 0.15) is 5.03 Å². The predicted octanol–water partition coefficient (Wildman–Crippen LogP) is 0.395. The molecular formula is C8H11NO3S. The number of nitrogens with one attached hydrogen (secondary N) is 1. The van der Waals surface area contributed by atoms with E-state index in [0.717, 1.165) is 6.26 Å². The van der Waals surface area contributed by atoms with Crippen LogP contribution in [0.3, 0.4) is 0 Å². The zero-order valence-electron chi connectivity index (χ0n) is 7.71. The molecule has 0 spiro atoms. The molecule has 1 N–H and O–H groups in total. The zero-order chi connectivity index (χ0) is 10.2. The monoisotopic (exact) mass is 201 g/mol. The molecule has 13 heavy (non-hydrogen) atoms. The van der Waals surface area contributed by atoms with Gasteiger partial charge in [0.2, 0.25) is 0 Å². The van der Waals surface area contributed by atoms with Crippen molar-refractivity contribution in [3.05, 3.63) is 27.5 Å². The molecule has 1 rings (SSSR count). The van der Waals surface area contributed by atoms with Crippen molar-refractivity contribution in [3.8, 4) is 0 Å². The summed E-state index contributed by atoms with van der Waals surface area (Å²) in [6.07, 6.45) is 2.48. The van der Waals surface area contributed by atoms with Gasteiger partial charge in [0.15, 0.2) is 15.3 Å². The fourth-order valence-corrected chi connectivity index (χ4v) is 2.05. The molecule has 0 aliphatic carbocycles. The molecule has 1 heterocycles. The van der Waals surface area contributed by atoms with Crippen molar-refractivity contribution in [2.75, 3.05) is 6.26 Å². The van der Waals surface area contributed by atoms with Crippen LogP contribution in [0.2, 0.25) is 0 Å². The Morgan fingerprint density at radius 3 is 2.31 bits per heavy atom. The first kappa shape index (κ1) is 9.98. The highest BCUT2D eigenvalue weighted by Gasteiger charge is 2.13. The third-order valence-electron chi connectivity index (χ3n) is 1.83. The first-order valence-electron chi connectivity index (χ1n) is 3.73. The van der Waals surface area contributed by atoms with Crippen LogP contribution in [0.1, 0.15) is 11.1 Å².